The number of carboxylic acid groups (broad SMARTS) is 1. The Balaban J connectivity index is 1.73. The van der Waals surface area contributed by atoms with E-state index in [4.69, 9.17) is 21.1 Å². The lowest BCUT2D eigenvalue weighted by Gasteiger charge is -2.12. The highest BCUT2D eigenvalue weighted by molar-refractivity contribution is 6.30. The van der Waals surface area contributed by atoms with Gasteiger partial charge in [-0.2, -0.15) is 0 Å². The lowest BCUT2D eigenvalue weighted by molar-refractivity contribution is 0.0694. The summed E-state index contributed by atoms with van der Waals surface area (Å²) in [4.78, 5) is 12.0. The quantitative estimate of drug-likeness (QED) is 0.426. The molecule has 0 aliphatic carbocycles. The van der Waals surface area contributed by atoms with Crippen LogP contribution in [0.25, 0.3) is 0 Å². The van der Waals surface area contributed by atoms with Crippen molar-refractivity contribution in [1.29, 1.82) is 0 Å². The van der Waals surface area contributed by atoms with Crippen molar-refractivity contribution in [3.8, 4) is 11.5 Å². The molecule has 7 heteroatoms. The summed E-state index contributed by atoms with van der Waals surface area (Å²) in [6, 6.07) is 13.4. The second-order valence-corrected chi connectivity index (χ2v) is 8.08. The van der Waals surface area contributed by atoms with Gasteiger partial charge in [-0.15, -0.1) is 0 Å². The van der Waals surface area contributed by atoms with Crippen LogP contribution in [0.15, 0.2) is 42.5 Å². The van der Waals surface area contributed by atoms with Crippen molar-refractivity contribution in [1.82, 2.24) is 9.88 Å². The molecule has 0 amide bonds. The first-order chi connectivity index (χ1) is 15.3. The van der Waals surface area contributed by atoms with Crippen LogP contribution in [0.5, 0.6) is 11.5 Å². The average Bonchev–Trinajstić information content (AvgIpc) is 3.02. The van der Waals surface area contributed by atoms with Gasteiger partial charge in [-0.05, 0) is 56.1 Å². The largest absolute Gasteiger partial charge is 0.497 e. The lowest BCUT2D eigenvalue weighted by atomic mass is 10.1. The number of halogens is 1. The number of benzene rings is 2. The van der Waals surface area contributed by atoms with Gasteiger partial charge in [0.1, 0.15) is 11.5 Å². The Bertz CT molecular complexity index is 1090. The molecule has 1 aromatic heterocycles. The summed E-state index contributed by atoms with van der Waals surface area (Å²) in [5.74, 6) is 0.616. The van der Waals surface area contributed by atoms with E-state index in [0.717, 1.165) is 46.0 Å². The first kappa shape index (κ1) is 23.7. The van der Waals surface area contributed by atoms with E-state index in [-0.39, 0.29) is 0 Å². The molecule has 6 nitrogen and oxygen atoms in total. The molecule has 3 aromatic rings. The summed E-state index contributed by atoms with van der Waals surface area (Å²) in [6.07, 6.45) is 0.749. The van der Waals surface area contributed by atoms with Gasteiger partial charge in [0.05, 0.1) is 19.8 Å². The van der Waals surface area contributed by atoms with Gasteiger partial charge in [-0.1, -0.05) is 29.8 Å². The van der Waals surface area contributed by atoms with Crippen molar-refractivity contribution in [2.75, 3.05) is 20.8 Å². The van der Waals surface area contributed by atoms with Crippen LogP contribution in [-0.4, -0.2) is 36.4 Å². The van der Waals surface area contributed by atoms with Crippen LogP contribution in [0.1, 0.15) is 38.4 Å². The molecule has 3 rings (SSSR count). The number of carboxylic acids is 1. The molecule has 0 fully saturated rings. The molecule has 0 bridgehead atoms. The van der Waals surface area contributed by atoms with E-state index in [1.54, 1.807) is 14.2 Å². The molecule has 170 valence electrons. The SMILES string of the molecule is COc1ccc(CCNCc2c(C(=O)O)c(C)n(Cc3ccc(Cl)cc3)c2C)c(OC)c1. The van der Waals surface area contributed by atoms with Crippen LogP contribution in [0.2, 0.25) is 5.02 Å². The lowest BCUT2D eigenvalue weighted by Crippen LogP contribution is -2.19. The number of hydrogen-bond acceptors (Lipinski definition) is 4. The van der Waals surface area contributed by atoms with E-state index >= 15 is 0 Å². The predicted molar refractivity (Wildman–Crippen MR) is 126 cm³/mol. The summed E-state index contributed by atoms with van der Waals surface area (Å²) in [7, 11) is 3.26. The molecule has 0 atom stereocenters. The molecule has 0 aliphatic rings. The number of rotatable bonds is 10. The van der Waals surface area contributed by atoms with Gasteiger partial charge >= 0.3 is 5.97 Å². The first-order valence-corrected chi connectivity index (χ1v) is 10.8. The number of ether oxygens (including phenoxy) is 2. The summed E-state index contributed by atoms with van der Waals surface area (Å²) >= 11 is 5.99. The summed E-state index contributed by atoms with van der Waals surface area (Å²) < 4.78 is 12.8. The molecule has 0 aliphatic heterocycles. The number of carbonyl (C=O) groups is 1. The monoisotopic (exact) mass is 456 g/mol. The van der Waals surface area contributed by atoms with Gasteiger partial charge in [-0.3, -0.25) is 0 Å². The van der Waals surface area contributed by atoms with Crippen LogP contribution in [0.4, 0.5) is 0 Å². The molecule has 0 saturated carbocycles. The number of aromatic carboxylic acids is 1. The van der Waals surface area contributed by atoms with E-state index < -0.39 is 5.97 Å². The second-order valence-electron chi connectivity index (χ2n) is 7.65. The van der Waals surface area contributed by atoms with Crippen LogP contribution >= 0.6 is 11.6 Å². The maximum atomic E-state index is 12.0. The summed E-state index contributed by atoms with van der Waals surface area (Å²) in [5.41, 5.74) is 5.01. The number of methoxy groups -OCH3 is 2. The van der Waals surface area contributed by atoms with Crippen molar-refractivity contribution >= 4 is 17.6 Å². The maximum absolute atomic E-state index is 12.0. The van der Waals surface area contributed by atoms with Crippen molar-refractivity contribution in [2.45, 2.75) is 33.4 Å². The predicted octanol–water partition coefficient (Wildman–Crippen LogP) is 4.85. The highest BCUT2D eigenvalue weighted by Gasteiger charge is 2.22. The van der Waals surface area contributed by atoms with E-state index in [1.165, 1.54) is 0 Å². The van der Waals surface area contributed by atoms with Gasteiger partial charge in [0, 0.05) is 41.1 Å². The minimum atomic E-state index is -0.908. The van der Waals surface area contributed by atoms with Crippen molar-refractivity contribution < 1.29 is 19.4 Å². The van der Waals surface area contributed by atoms with Crippen molar-refractivity contribution in [3.63, 3.8) is 0 Å². The summed E-state index contributed by atoms with van der Waals surface area (Å²) in [6.45, 7) is 5.58. The van der Waals surface area contributed by atoms with Crippen LogP contribution in [-0.2, 0) is 19.5 Å². The third kappa shape index (κ3) is 5.26. The molecule has 2 aromatic carbocycles. The van der Waals surface area contributed by atoms with Crippen LogP contribution in [0.3, 0.4) is 0 Å². The Morgan fingerprint density at radius 2 is 1.78 bits per heavy atom. The van der Waals surface area contributed by atoms with E-state index in [0.29, 0.717) is 30.2 Å². The zero-order valence-electron chi connectivity index (χ0n) is 18.9. The minimum Gasteiger partial charge on any atom is -0.497 e. The molecule has 2 N–H and O–H groups in total. The van der Waals surface area contributed by atoms with Gasteiger partial charge in [0.25, 0.3) is 0 Å². The maximum Gasteiger partial charge on any atom is 0.337 e. The van der Waals surface area contributed by atoms with Gasteiger partial charge in [0.15, 0.2) is 0 Å². The third-order valence-corrected chi connectivity index (χ3v) is 6.00. The molecule has 0 unspecified atom stereocenters. The first-order valence-electron chi connectivity index (χ1n) is 10.4. The fourth-order valence-electron chi connectivity index (χ4n) is 3.95. The molecular weight excluding hydrogens is 428 g/mol. The standard InChI is InChI=1S/C25H29ClN2O4/c1-16-22(14-27-12-11-19-7-10-21(31-3)13-23(19)32-4)24(25(29)30)17(2)28(16)15-18-5-8-20(26)9-6-18/h5-10,13,27H,11-12,14-15H2,1-4H3,(H,29,30). The smallest absolute Gasteiger partial charge is 0.337 e. The third-order valence-electron chi connectivity index (χ3n) is 5.75. The normalized spacial score (nSPS) is 10.9. The fraction of sp³-hybridized carbons (Fsp3) is 0.320. The van der Waals surface area contributed by atoms with E-state index in [2.05, 4.69) is 9.88 Å². The molecular formula is C25H29ClN2O4. The zero-order chi connectivity index (χ0) is 23.3. The Labute approximate surface area is 193 Å². The Hall–Kier alpha value is -2.96. The van der Waals surface area contributed by atoms with Crippen LogP contribution < -0.4 is 14.8 Å². The van der Waals surface area contributed by atoms with Gasteiger partial charge in [-0.25, -0.2) is 4.79 Å². The Morgan fingerprint density at radius 3 is 2.41 bits per heavy atom. The number of aromatic nitrogens is 1. The Morgan fingerprint density at radius 1 is 1.06 bits per heavy atom. The fourth-order valence-corrected chi connectivity index (χ4v) is 4.08. The van der Waals surface area contributed by atoms with Gasteiger partial charge < -0.3 is 24.5 Å². The highest BCUT2D eigenvalue weighted by Crippen LogP contribution is 2.26. The second kappa shape index (κ2) is 10.6. The topological polar surface area (TPSA) is 72.7 Å². The Kier molecular flexibility index (Phi) is 7.83. The molecule has 1 heterocycles. The molecule has 0 spiro atoms. The average molecular weight is 457 g/mol. The van der Waals surface area contributed by atoms with Crippen LogP contribution in [0, 0.1) is 13.8 Å². The van der Waals surface area contributed by atoms with E-state index in [1.807, 2.05) is 56.3 Å². The molecule has 32 heavy (non-hydrogen) atoms. The summed E-state index contributed by atoms with van der Waals surface area (Å²) in [5, 5.41) is 13.9. The van der Waals surface area contributed by atoms with Crippen molar-refractivity contribution in [2.24, 2.45) is 0 Å². The van der Waals surface area contributed by atoms with Gasteiger partial charge in [0.2, 0.25) is 0 Å². The highest BCUT2D eigenvalue weighted by atomic mass is 35.5. The number of nitrogens with zero attached hydrogens (tertiary/aromatic N) is 1. The number of nitrogens with one attached hydrogen (secondary N) is 1. The minimum absolute atomic E-state index is 0.367. The number of hydrogen-bond donors (Lipinski definition) is 2. The van der Waals surface area contributed by atoms with E-state index in [9.17, 15) is 9.90 Å². The molecule has 0 radical (unpaired) electrons. The van der Waals surface area contributed by atoms with Crippen molar-refractivity contribution in [3.05, 3.63) is 81.1 Å². The molecule has 0 saturated heterocycles. The zero-order valence-corrected chi connectivity index (χ0v) is 19.6.